The van der Waals surface area contributed by atoms with Crippen LogP contribution in [0.25, 0.3) is 0 Å². The second-order valence-corrected chi connectivity index (χ2v) is 2.70. The lowest BCUT2D eigenvalue weighted by atomic mass is 10.4. The van der Waals surface area contributed by atoms with Crippen LogP contribution in [0.15, 0.2) is 4.52 Å². The second kappa shape index (κ2) is 4.20. The molecule has 74 valence electrons. The largest absolute Gasteiger partial charge is 0.382 e. The lowest BCUT2D eigenvalue weighted by Crippen LogP contribution is -2.17. The predicted molar refractivity (Wildman–Crippen MR) is 47.3 cm³/mol. The first kappa shape index (κ1) is 9.94. The Labute approximate surface area is 76.3 Å². The summed E-state index contributed by atoms with van der Waals surface area (Å²) in [7, 11) is 1.84. The van der Waals surface area contributed by atoms with Crippen LogP contribution in [0.2, 0.25) is 0 Å². The van der Waals surface area contributed by atoms with Gasteiger partial charge < -0.3 is 20.3 Å². The van der Waals surface area contributed by atoms with Gasteiger partial charge in [-0.2, -0.15) is 4.98 Å². The van der Waals surface area contributed by atoms with Gasteiger partial charge in [-0.1, -0.05) is 0 Å². The van der Waals surface area contributed by atoms with E-state index in [2.05, 4.69) is 10.1 Å². The Morgan fingerprint density at radius 1 is 1.69 bits per heavy atom. The minimum Gasteiger partial charge on any atom is -0.382 e. The number of rotatable bonds is 4. The summed E-state index contributed by atoms with van der Waals surface area (Å²) in [5.74, 6) is 0.628. The Hall–Kier alpha value is -1.14. The van der Waals surface area contributed by atoms with Gasteiger partial charge in [0.25, 0.3) is 11.8 Å². The van der Waals surface area contributed by atoms with Gasteiger partial charge in [0, 0.05) is 20.1 Å². The fourth-order valence-electron chi connectivity index (χ4n) is 0.760. The third-order valence-electron chi connectivity index (χ3n) is 1.76. The molecule has 0 fully saturated rings. The summed E-state index contributed by atoms with van der Waals surface area (Å²) in [4.78, 5) is 5.77. The molecule has 0 saturated carbocycles. The highest BCUT2D eigenvalue weighted by Gasteiger charge is 2.15. The molecule has 6 nitrogen and oxygen atoms in total. The van der Waals surface area contributed by atoms with Crippen molar-refractivity contribution in [2.24, 2.45) is 5.73 Å². The summed E-state index contributed by atoms with van der Waals surface area (Å²) < 4.78 is 4.81. The van der Waals surface area contributed by atoms with Gasteiger partial charge in [0.1, 0.15) is 6.10 Å². The standard InChI is InChI=1S/C7H14N4O2/c1-3-11(2)7-9-6(13-10-7)5(12)4-8/h5,12H,3-4,8H2,1-2H3. The molecular weight excluding hydrogens is 172 g/mol. The van der Waals surface area contributed by atoms with E-state index >= 15 is 0 Å². The summed E-state index contributed by atoms with van der Waals surface area (Å²) in [5.41, 5.74) is 5.23. The average Bonchev–Trinajstić information content (AvgIpc) is 2.64. The molecule has 1 aromatic rings. The SMILES string of the molecule is CCN(C)c1noc(C(O)CN)n1. The lowest BCUT2D eigenvalue weighted by molar-refractivity contribution is 0.141. The minimum absolute atomic E-state index is 0.0808. The Bertz CT molecular complexity index is 238. The van der Waals surface area contributed by atoms with Crippen LogP contribution in [0.4, 0.5) is 5.95 Å². The van der Waals surface area contributed by atoms with Gasteiger partial charge in [-0.05, 0) is 12.1 Å². The van der Waals surface area contributed by atoms with E-state index in [9.17, 15) is 5.11 Å². The molecule has 0 aliphatic carbocycles. The van der Waals surface area contributed by atoms with E-state index in [0.717, 1.165) is 6.54 Å². The number of anilines is 1. The molecular formula is C7H14N4O2. The van der Waals surface area contributed by atoms with E-state index < -0.39 is 6.10 Å². The average molecular weight is 186 g/mol. The summed E-state index contributed by atoms with van der Waals surface area (Å²) in [6.45, 7) is 2.82. The Balaban J connectivity index is 2.74. The smallest absolute Gasteiger partial charge is 0.265 e. The summed E-state index contributed by atoms with van der Waals surface area (Å²) in [5, 5.41) is 12.9. The molecule has 3 N–H and O–H groups in total. The van der Waals surface area contributed by atoms with Crippen LogP contribution in [-0.2, 0) is 0 Å². The molecule has 0 amide bonds. The van der Waals surface area contributed by atoms with Crippen LogP contribution < -0.4 is 10.6 Å². The molecule has 0 bridgehead atoms. The number of aliphatic hydroxyl groups excluding tert-OH is 1. The summed E-state index contributed by atoms with van der Waals surface area (Å²) in [6, 6.07) is 0. The molecule has 0 saturated heterocycles. The summed E-state index contributed by atoms with van der Waals surface area (Å²) >= 11 is 0. The first-order valence-electron chi connectivity index (χ1n) is 4.12. The van der Waals surface area contributed by atoms with Crippen molar-refractivity contribution in [2.75, 3.05) is 25.0 Å². The van der Waals surface area contributed by atoms with Gasteiger partial charge in [-0.15, -0.1) is 0 Å². The number of aromatic nitrogens is 2. The quantitative estimate of drug-likeness (QED) is 0.660. The number of hydrogen-bond donors (Lipinski definition) is 2. The van der Waals surface area contributed by atoms with Crippen LogP contribution in [0.5, 0.6) is 0 Å². The number of nitrogens with zero attached hydrogens (tertiary/aromatic N) is 3. The van der Waals surface area contributed by atoms with Crippen molar-refractivity contribution in [3.05, 3.63) is 5.89 Å². The highest BCUT2D eigenvalue weighted by molar-refractivity contribution is 5.25. The molecule has 0 aromatic carbocycles. The van der Waals surface area contributed by atoms with Gasteiger partial charge in [0.05, 0.1) is 0 Å². The van der Waals surface area contributed by atoms with Crippen molar-refractivity contribution < 1.29 is 9.63 Å². The van der Waals surface area contributed by atoms with Crippen molar-refractivity contribution in [3.8, 4) is 0 Å². The highest BCUT2D eigenvalue weighted by atomic mass is 16.5. The molecule has 0 aliphatic rings. The molecule has 1 atom stereocenters. The van der Waals surface area contributed by atoms with E-state index in [1.54, 1.807) is 4.90 Å². The maximum atomic E-state index is 9.26. The molecule has 1 heterocycles. The van der Waals surface area contributed by atoms with E-state index in [4.69, 9.17) is 10.3 Å². The zero-order chi connectivity index (χ0) is 9.84. The molecule has 13 heavy (non-hydrogen) atoms. The van der Waals surface area contributed by atoms with Gasteiger partial charge in [-0.3, -0.25) is 0 Å². The normalized spacial score (nSPS) is 12.9. The molecule has 1 aromatic heterocycles. The van der Waals surface area contributed by atoms with Crippen molar-refractivity contribution in [1.82, 2.24) is 10.1 Å². The van der Waals surface area contributed by atoms with Crippen LogP contribution in [0.1, 0.15) is 18.9 Å². The van der Waals surface area contributed by atoms with Crippen molar-refractivity contribution >= 4 is 5.95 Å². The number of aliphatic hydroxyl groups is 1. The van der Waals surface area contributed by atoms with Gasteiger partial charge in [0.2, 0.25) is 0 Å². The Morgan fingerprint density at radius 2 is 2.38 bits per heavy atom. The van der Waals surface area contributed by atoms with Gasteiger partial charge in [0.15, 0.2) is 0 Å². The van der Waals surface area contributed by atoms with Crippen molar-refractivity contribution in [1.29, 1.82) is 0 Å². The fraction of sp³-hybridized carbons (Fsp3) is 0.714. The zero-order valence-electron chi connectivity index (χ0n) is 7.77. The monoisotopic (exact) mass is 186 g/mol. The lowest BCUT2D eigenvalue weighted by Gasteiger charge is -2.08. The second-order valence-electron chi connectivity index (χ2n) is 2.70. The van der Waals surface area contributed by atoms with Gasteiger partial charge in [-0.25, -0.2) is 0 Å². The molecule has 6 heteroatoms. The molecule has 0 radical (unpaired) electrons. The van der Waals surface area contributed by atoms with E-state index in [1.165, 1.54) is 0 Å². The number of hydrogen-bond acceptors (Lipinski definition) is 6. The van der Waals surface area contributed by atoms with Crippen LogP contribution in [0.3, 0.4) is 0 Å². The third-order valence-corrected chi connectivity index (χ3v) is 1.76. The highest BCUT2D eigenvalue weighted by Crippen LogP contribution is 2.12. The zero-order valence-corrected chi connectivity index (χ0v) is 7.77. The van der Waals surface area contributed by atoms with Crippen LogP contribution in [0, 0.1) is 0 Å². The van der Waals surface area contributed by atoms with Crippen molar-refractivity contribution in [2.45, 2.75) is 13.0 Å². The van der Waals surface area contributed by atoms with E-state index in [0.29, 0.717) is 5.95 Å². The molecule has 0 spiro atoms. The minimum atomic E-state index is -0.869. The van der Waals surface area contributed by atoms with E-state index in [-0.39, 0.29) is 12.4 Å². The summed E-state index contributed by atoms with van der Waals surface area (Å²) in [6.07, 6.45) is -0.869. The molecule has 0 aliphatic heterocycles. The topological polar surface area (TPSA) is 88.4 Å². The van der Waals surface area contributed by atoms with E-state index in [1.807, 2.05) is 14.0 Å². The first-order chi connectivity index (χ1) is 6.19. The van der Waals surface area contributed by atoms with Crippen molar-refractivity contribution in [3.63, 3.8) is 0 Å². The Kier molecular flexibility index (Phi) is 3.21. The maximum absolute atomic E-state index is 9.26. The first-order valence-corrected chi connectivity index (χ1v) is 4.12. The third kappa shape index (κ3) is 2.16. The van der Waals surface area contributed by atoms with Gasteiger partial charge >= 0.3 is 0 Å². The Morgan fingerprint density at radius 3 is 2.92 bits per heavy atom. The van der Waals surface area contributed by atoms with Crippen LogP contribution >= 0.6 is 0 Å². The number of nitrogens with two attached hydrogens (primary N) is 1. The predicted octanol–water partition coefficient (Wildman–Crippen LogP) is -0.482. The molecule has 1 rings (SSSR count). The fourth-order valence-corrected chi connectivity index (χ4v) is 0.760. The van der Waals surface area contributed by atoms with Crippen LogP contribution in [-0.4, -0.2) is 35.4 Å². The molecule has 1 unspecified atom stereocenters. The maximum Gasteiger partial charge on any atom is 0.265 e.